The predicted octanol–water partition coefficient (Wildman–Crippen LogP) is 5.45. The third-order valence-corrected chi connectivity index (χ3v) is 3.78. The zero-order valence-corrected chi connectivity index (χ0v) is 16.0. The van der Waals surface area contributed by atoms with E-state index in [1.54, 1.807) is 18.2 Å². The fourth-order valence-electron chi connectivity index (χ4n) is 2.25. The van der Waals surface area contributed by atoms with Crippen molar-refractivity contribution in [3.05, 3.63) is 68.1 Å². The number of nitrogens with zero attached hydrogens (tertiary/aromatic N) is 2. The molecule has 0 aromatic carbocycles. The van der Waals surface area contributed by atoms with E-state index in [4.69, 9.17) is 0 Å². The lowest BCUT2D eigenvalue weighted by Gasteiger charge is -1.96. The highest BCUT2D eigenvalue weighted by molar-refractivity contribution is 5.50. The molecule has 0 unspecified atom stereocenters. The van der Waals surface area contributed by atoms with Crippen molar-refractivity contribution < 1.29 is 14.6 Å². The minimum absolute atomic E-state index is 0.0618. The number of unbranched alkanes of at least 4 members (excludes halogenated alkanes) is 5. The number of hydrogen-bond donors (Lipinski definition) is 0. The molecule has 27 heavy (non-hydrogen) atoms. The summed E-state index contributed by atoms with van der Waals surface area (Å²) in [6.07, 6.45) is 18.2. The van der Waals surface area contributed by atoms with Crippen LogP contribution in [0.4, 0.5) is 0 Å². The van der Waals surface area contributed by atoms with Crippen molar-refractivity contribution >= 4 is 6.29 Å². The molecule has 149 valence electrons. The summed E-state index contributed by atoms with van der Waals surface area (Å²) in [5.41, 5.74) is 0.191. The van der Waals surface area contributed by atoms with Crippen molar-refractivity contribution in [2.75, 3.05) is 0 Å². The van der Waals surface area contributed by atoms with Crippen LogP contribution in [0.15, 0.2) is 47.9 Å². The van der Waals surface area contributed by atoms with Crippen LogP contribution < -0.4 is 0 Å². The van der Waals surface area contributed by atoms with Crippen molar-refractivity contribution in [1.82, 2.24) is 0 Å². The van der Waals surface area contributed by atoms with Gasteiger partial charge in [-0.2, -0.15) is 0 Å². The summed E-state index contributed by atoms with van der Waals surface area (Å²) in [6.45, 7) is 2.07. The second kappa shape index (κ2) is 16.9. The van der Waals surface area contributed by atoms with E-state index in [0.29, 0.717) is 19.3 Å². The van der Waals surface area contributed by atoms with Gasteiger partial charge in [-0.25, -0.2) is 0 Å². The minimum atomic E-state index is -0.436. The molecule has 0 atom stereocenters. The highest BCUT2D eigenvalue weighted by Gasteiger charge is 2.09. The Hall–Kier alpha value is -2.57. The maximum absolute atomic E-state index is 11.1. The third kappa shape index (κ3) is 14.3. The summed E-state index contributed by atoms with van der Waals surface area (Å²) < 4.78 is 0. The van der Waals surface area contributed by atoms with Gasteiger partial charge in [-0.15, -0.1) is 0 Å². The lowest BCUT2D eigenvalue weighted by Crippen LogP contribution is -1.99. The molecule has 0 saturated carbocycles. The van der Waals surface area contributed by atoms with E-state index >= 15 is 0 Å². The van der Waals surface area contributed by atoms with E-state index in [-0.39, 0.29) is 24.2 Å². The van der Waals surface area contributed by atoms with Crippen molar-refractivity contribution in [1.29, 1.82) is 0 Å². The molecule has 0 amide bonds. The number of nitro groups is 2. The molecular weight excluding hydrogens is 348 g/mol. The Morgan fingerprint density at radius 3 is 2.04 bits per heavy atom. The van der Waals surface area contributed by atoms with Crippen LogP contribution in [0, 0.1) is 20.2 Å². The molecule has 1 radical (unpaired) electrons. The Labute approximate surface area is 160 Å². The Balaban J connectivity index is 4.48. The van der Waals surface area contributed by atoms with E-state index in [1.165, 1.54) is 6.08 Å². The highest BCUT2D eigenvalue weighted by Crippen LogP contribution is 2.11. The minimum Gasteiger partial charge on any atom is -0.291 e. The first-order valence-corrected chi connectivity index (χ1v) is 9.34. The van der Waals surface area contributed by atoms with Gasteiger partial charge in [0.25, 0.3) is 0 Å². The molecule has 0 N–H and O–H groups in total. The molecule has 7 nitrogen and oxygen atoms in total. The van der Waals surface area contributed by atoms with Gasteiger partial charge in [-0.05, 0) is 44.3 Å². The van der Waals surface area contributed by atoms with Crippen molar-refractivity contribution in [3.63, 3.8) is 0 Å². The zero-order chi connectivity index (χ0) is 20.3. The first-order chi connectivity index (χ1) is 13.0. The van der Waals surface area contributed by atoms with Crippen LogP contribution in [0.2, 0.25) is 0 Å². The Kier molecular flexibility index (Phi) is 15.3. The summed E-state index contributed by atoms with van der Waals surface area (Å²) in [7, 11) is 0. The summed E-state index contributed by atoms with van der Waals surface area (Å²) in [5.74, 6) is 0. The third-order valence-electron chi connectivity index (χ3n) is 3.78. The summed E-state index contributed by atoms with van der Waals surface area (Å²) in [5, 5.41) is 22.1. The molecule has 0 aliphatic carbocycles. The molecule has 7 heteroatoms. The van der Waals surface area contributed by atoms with E-state index < -0.39 is 9.85 Å². The number of allylic oxidation sites excluding steroid dienone is 6. The second-order valence-corrected chi connectivity index (χ2v) is 6.02. The quantitative estimate of drug-likeness (QED) is 0.154. The van der Waals surface area contributed by atoms with Gasteiger partial charge in [-0.1, -0.05) is 44.1 Å². The molecule has 0 heterocycles. The fourth-order valence-corrected chi connectivity index (χ4v) is 2.25. The van der Waals surface area contributed by atoms with Crippen LogP contribution in [0.1, 0.15) is 71.1 Å². The van der Waals surface area contributed by atoms with Gasteiger partial charge in [-0.3, -0.25) is 25.0 Å². The largest absolute Gasteiger partial charge is 0.291 e. The first-order valence-electron chi connectivity index (χ1n) is 9.34. The molecule has 0 aromatic rings. The van der Waals surface area contributed by atoms with E-state index in [2.05, 4.69) is 6.92 Å². The molecule has 0 rings (SSSR count). The highest BCUT2D eigenvalue weighted by atomic mass is 16.6. The van der Waals surface area contributed by atoms with Gasteiger partial charge in [0.15, 0.2) is 6.29 Å². The van der Waals surface area contributed by atoms with Crippen molar-refractivity contribution in [2.45, 2.75) is 71.1 Å². The fraction of sp³-hybridized carbons (Fsp3) is 0.550. The Morgan fingerprint density at radius 1 is 0.852 bits per heavy atom. The average Bonchev–Trinajstić information content (AvgIpc) is 2.63. The molecule has 0 aliphatic heterocycles. The lowest BCUT2D eigenvalue weighted by molar-refractivity contribution is -0.427. The monoisotopic (exact) mass is 377 g/mol. The number of rotatable bonds is 16. The van der Waals surface area contributed by atoms with Gasteiger partial charge >= 0.3 is 0 Å². The van der Waals surface area contributed by atoms with Gasteiger partial charge in [0.1, 0.15) is 0 Å². The molecular formula is C20H29N2O5. The first kappa shape index (κ1) is 24.4. The van der Waals surface area contributed by atoms with Gasteiger partial charge in [0.05, 0.1) is 22.7 Å². The second-order valence-electron chi connectivity index (χ2n) is 6.02. The lowest BCUT2D eigenvalue weighted by atomic mass is 10.1. The van der Waals surface area contributed by atoms with Crippen LogP contribution in [0.3, 0.4) is 0 Å². The zero-order valence-electron chi connectivity index (χ0n) is 16.0. The summed E-state index contributed by atoms with van der Waals surface area (Å²) in [6, 6.07) is 0. The average molecular weight is 377 g/mol. The van der Waals surface area contributed by atoms with Crippen molar-refractivity contribution in [3.8, 4) is 0 Å². The molecule has 0 fully saturated rings. The number of carbonyl (C=O) groups excluding carboxylic acids is 1. The van der Waals surface area contributed by atoms with Gasteiger partial charge in [0.2, 0.25) is 11.4 Å². The Morgan fingerprint density at radius 2 is 1.48 bits per heavy atom. The predicted molar refractivity (Wildman–Crippen MR) is 106 cm³/mol. The van der Waals surface area contributed by atoms with Crippen LogP contribution >= 0.6 is 0 Å². The van der Waals surface area contributed by atoms with Crippen molar-refractivity contribution in [2.24, 2.45) is 0 Å². The molecule has 0 aromatic heterocycles. The SMILES string of the molecule is CCCCC/C=C(/C/C=C/C/C(=C/C/C=C/CCC[C]=O)[N+](=O)[O-])[N+](=O)[O-]. The standard InChI is InChI=1S/C20H29N2O5/c1-2-3-4-9-14-19(21(24)25)16-11-12-17-20(22(26)27)15-10-7-5-6-8-13-18-23/h5,7,11-12,14-15H,2-4,6,8-10,13,16-17H2,1H3/b7-5+,12-11+,19-14-,20-15-. The summed E-state index contributed by atoms with van der Waals surface area (Å²) in [4.78, 5) is 31.3. The smallest absolute Gasteiger partial charge is 0.246 e. The molecule has 0 aliphatic rings. The van der Waals surface area contributed by atoms with Gasteiger partial charge < -0.3 is 0 Å². The maximum atomic E-state index is 11.1. The topological polar surface area (TPSA) is 103 Å². The Bertz CT molecular complexity index is 577. The van der Waals surface area contributed by atoms with E-state index in [1.807, 2.05) is 18.4 Å². The van der Waals surface area contributed by atoms with Crippen LogP contribution in [-0.2, 0) is 4.79 Å². The molecule has 0 saturated heterocycles. The van der Waals surface area contributed by atoms with E-state index in [0.717, 1.165) is 32.1 Å². The van der Waals surface area contributed by atoms with Gasteiger partial charge in [0, 0.05) is 6.42 Å². The summed E-state index contributed by atoms with van der Waals surface area (Å²) >= 11 is 0. The number of hydrogen-bond acceptors (Lipinski definition) is 5. The molecule has 0 bridgehead atoms. The van der Waals surface area contributed by atoms with E-state index in [9.17, 15) is 25.0 Å². The molecule has 0 spiro atoms. The normalized spacial score (nSPS) is 12.8. The van der Waals surface area contributed by atoms with Crippen LogP contribution in [-0.4, -0.2) is 16.1 Å². The maximum Gasteiger partial charge on any atom is 0.246 e. The van der Waals surface area contributed by atoms with Crippen LogP contribution in [0.5, 0.6) is 0 Å². The van der Waals surface area contributed by atoms with Crippen LogP contribution in [0.25, 0.3) is 0 Å².